The summed E-state index contributed by atoms with van der Waals surface area (Å²) in [6.07, 6.45) is 2.90. The van der Waals surface area contributed by atoms with Gasteiger partial charge in [-0.25, -0.2) is 0 Å². The van der Waals surface area contributed by atoms with Gasteiger partial charge >= 0.3 is 0 Å². The standard InChI is InChI=1S/C15H10NO.W/c1-3-7-12(8-4-1)14-11-16-17-15(14)13-9-5-2-6-10-13;/h1-10H;/q-1;. The second-order valence-electron chi connectivity index (χ2n) is 3.73. The molecule has 0 aliphatic rings. The molecule has 0 N–H and O–H groups in total. The quantitative estimate of drug-likeness (QED) is 0.608. The number of hydrogen-bond donors (Lipinski definition) is 0. The van der Waals surface area contributed by atoms with Gasteiger partial charge in [0, 0.05) is 21.1 Å². The Bertz CT molecular complexity index is 551. The summed E-state index contributed by atoms with van der Waals surface area (Å²) in [5, 5.41) is 3.77. The van der Waals surface area contributed by atoms with Crippen molar-refractivity contribution in [1.29, 1.82) is 0 Å². The Morgan fingerprint density at radius 1 is 0.778 bits per heavy atom. The maximum absolute atomic E-state index is 5.30. The van der Waals surface area contributed by atoms with E-state index in [0.29, 0.717) is 0 Å². The van der Waals surface area contributed by atoms with Crippen LogP contribution in [0, 0.1) is 6.20 Å². The molecule has 0 radical (unpaired) electrons. The molecule has 0 fully saturated rings. The van der Waals surface area contributed by atoms with Gasteiger partial charge in [0.25, 0.3) is 0 Å². The van der Waals surface area contributed by atoms with Gasteiger partial charge in [-0.05, 0) is 11.8 Å². The maximum atomic E-state index is 5.30. The second kappa shape index (κ2) is 5.79. The Morgan fingerprint density at radius 2 is 1.33 bits per heavy atom. The molecule has 0 aliphatic carbocycles. The van der Waals surface area contributed by atoms with E-state index in [2.05, 4.69) is 11.4 Å². The van der Waals surface area contributed by atoms with Crippen LogP contribution in [0.5, 0.6) is 0 Å². The zero-order chi connectivity index (χ0) is 11.5. The van der Waals surface area contributed by atoms with E-state index in [9.17, 15) is 0 Å². The molecule has 0 saturated carbocycles. The van der Waals surface area contributed by atoms with Crippen LogP contribution < -0.4 is 0 Å². The summed E-state index contributed by atoms with van der Waals surface area (Å²) in [6.45, 7) is 0. The summed E-state index contributed by atoms with van der Waals surface area (Å²) in [4.78, 5) is 0. The molecular weight excluding hydrogens is 394 g/mol. The van der Waals surface area contributed by atoms with E-state index in [1.54, 1.807) is 0 Å². The Morgan fingerprint density at radius 3 is 1.94 bits per heavy atom. The van der Waals surface area contributed by atoms with E-state index >= 15 is 0 Å². The molecule has 1 aromatic heterocycles. The SMILES string of the molecule is [W].[c-]1noc(-c2ccccc2)c1-c1ccccc1. The van der Waals surface area contributed by atoms with E-state index in [1.807, 2.05) is 60.7 Å². The van der Waals surface area contributed by atoms with Gasteiger partial charge < -0.3 is 4.52 Å². The summed E-state index contributed by atoms with van der Waals surface area (Å²) in [5.74, 6) is 0.761. The minimum atomic E-state index is 0. The van der Waals surface area contributed by atoms with Crippen molar-refractivity contribution in [3.63, 3.8) is 0 Å². The van der Waals surface area contributed by atoms with Crippen molar-refractivity contribution in [2.45, 2.75) is 0 Å². The predicted octanol–water partition coefficient (Wildman–Crippen LogP) is 3.81. The third kappa shape index (κ3) is 2.44. The van der Waals surface area contributed by atoms with E-state index in [1.165, 1.54) is 0 Å². The number of hydrogen-bond acceptors (Lipinski definition) is 2. The smallest absolute Gasteiger partial charge is 0.0603 e. The first kappa shape index (κ1) is 12.8. The molecule has 0 amide bonds. The van der Waals surface area contributed by atoms with Crippen molar-refractivity contribution < 1.29 is 25.6 Å². The molecule has 18 heavy (non-hydrogen) atoms. The average Bonchev–Trinajstić information content (AvgIpc) is 2.90. The van der Waals surface area contributed by atoms with E-state index in [4.69, 9.17) is 4.52 Å². The van der Waals surface area contributed by atoms with Crippen LogP contribution in [0.1, 0.15) is 0 Å². The largest absolute Gasteiger partial charge is 0.430 e. The molecule has 1 heterocycles. The van der Waals surface area contributed by atoms with Crippen molar-refractivity contribution >= 4 is 0 Å². The topological polar surface area (TPSA) is 26.0 Å². The van der Waals surface area contributed by atoms with Crippen molar-refractivity contribution in [3.8, 4) is 22.5 Å². The zero-order valence-corrected chi connectivity index (χ0v) is 12.5. The molecule has 3 aromatic rings. The van der Waals surface area contributed by atoms with Crippen LogP contribution in [0.2, 0.25) is 0 Å². The summed E-state index contributed by atoms with van der Waals surface area (Å²) in [5.41, 5.74) is 2.98. The Labute approximate surface area is 120 Å². The minimum Gasteiger partial charge on any atom is -0.430 e. The molecule has 0 aliphatic heterocycles. The zero-order valence-electron chi connectivity index (χ0n) is 9.54. The van der Waals surface area contributed by atoms with Crippen molar-refractivity contribution in [2.24, 2.45) is 0 Å². The fourth-order valence-electron chi connectivity index (χ4n) is 1.80. The Hall–Kier alpha value is -1.66. The second-order valence-corrected chi connectivity index (χ2v) is 3.73. The van der Waals surface area contributed by atoms with Gasteiger partial charge in [0.05, 0.1) is 5.76 Å². The van der Waals surface area contributed by atoms with Gasteiger partial charge in [-0.15, -0.1) is 23.3 Å². The van der Waals surface area contributed by atoms with Gasteiger partial charge in [-0.1, -0.05) is 48.5 Å². The number of nitrogens with zero attached hydrogens (tertiary/aromatic N) is 1. The molecule has 0 spiro atoms. The number of benzene rings is 2. The van der Waals surface area contributed by atoms with Crippen LogP contribution in [-0.2, 0) is 21.1 Å². The number of rotatable bonds is 2. The molecule has 3 heteroatoms. The van der Waals surface area contributed by atoms with Crippen LogP contribution in [0.25, 0.3) is 22.5 Å². The summed E-state index contributed by atoms with van der Waals surface area (Å²) in [7, 11) is 0. The number of aromatic nitrogens is 1. The molecule has 3 rings (SSSR count). The molecular formula is C15H10NOW-. The molecule has 0 saturated heterocycles. The molecule has 2 nitrogen and oxygen atoms in total. The Kier molecular flexibility index (Phi) is 4.11. The predicted molar refractivity (Wildman–Crippen MR) is 66.2 cm³/mol. The Balaban J connectivity index is 0.00000120. The summed E-state index contributed by atoms with van der Waals surface area (Å²) >= 11 is 0. The van der Waals surface area contributed by atoms with E-state index in [-0.39, 0.29) is 21.1 Å². The first-order valence-corrected chi connectivity index (χ1v) is 5.43. The maximum Gasteiger partial charge on any atom is 0.0603 e. The van der Waals surface area contributed by atoms with E-state index in [0.717, 1.165) is 22.5 Å². The molecule has 0 unspecified atom stereocenters. The third-order valence-electron chi connectivity index (χ3n) is 2.62. The molecule has 2 aromatic carbocycles. The van der Waals surface area contributed by atoms with Gasteiger partial charge in [-0.3, -0.25) is 0 Å². The van der Waals surface area contributed by atoms with Crippen molar-refractivity contribution in [2.75, 3.05) is 0 Å². The van der Waals surface area contributed by atoms with Crippen molar-refractivity contribution in [1.82, 2.24) is 5.16 Å². The minimum absolute atomic E-state index is 0. The fraction of sp³-hybridized carbons (Fsp3) is 0. The average molecular weight is 404 g/mol. The fourth-order valence-corrected chi connectivity index (χ4v) is 1.80. The van der Waals surface area contributed by atoms with Gasteiger partial charge in [-0.2, -0.15) is 5.16 Å². The molecule has 88 valence electrons. The van der Waals surface area contributed by atoms with Crippen LogP contribution in [0.4, 0.5) is 0 Å². The van der Waals surface area contributed by atoms with Gasteiger partial charge in [0.1, 0.15) is 0 Å². The van der Waals surface area contributed by atoms with Crippen LogP contribution in [0.15, 0.2) is 65.2 Å². The van der Waals surface area contributed by atoms with Crippen molar-refractivity contribution in [3.05, 3.63) is 66.9 Å². The molecule has 0 bridgehead atoms. The van der Waals surface area contributed by atoms with Gasteiger partial charge in [0.15, 0.2) is 0 Å². The van der Waals surface area contributed by atoms with Crippen LogP contribution >= 0.6 is 0 Å². The van der Waals surface area contributed by atoms with Crippen LogP contribution in [0.3, 0.4) is 0 Å². The van der Waals surface area contributed by atoms with E-state index < -0.39 is 0 Å². The normalized spacial score (nSPS) is 9.78. The van der Waals surface area contributed by atoms with Gasteiger partial charge in [0.2, 0.25) is 0 Å². The third-order valence-corrected chi connectivity index (χ3v) is 2.62. The first-order chi connectivity index (χ1) is 8.45. The summed E-state index contributed by atoms with van der Waals surface area (Å²) < 4.78 is 5.30. The van der Waals surface area contributed by atoms with Crippen LogP contribution in [-0.4, -0.2) is 5.16 Å². The monoisotopic (exact) mass is 404 g/mol. The summed E-state index contributed by atoms with van der Waals surface area (Å²) in [6, 6.07) is 20.0. The molecule has 0 atom stereocenters. The first-order valence-electron chi connectivity index (χ1n) is 5.43.